The molecule has 0 aliphatic heterocycles. The van der Waals surface area contributed by atoms with E-state index in [9.17, 15) is 9.18 Å². The van der Waals surface area contributed by atoms with Crippen LogP contribution >= 0.6 is 11.3 Å². The average molecular weight is 266 g/mol. The Hall–Kier alpha value is -1.99. The van der Waals surface area contributed by atoms with Gasteiger partial charge in [0, 0.05) is 11.8 Å². The normalized spacial score (nSPS) is 11.4. The molecule has 2 N–H and O–H groups in total. The van der Waals surface area contributed by atoms with Crippen LogP contribution in [0.2, 0.25) is 0 Å². The second-order valence-electron chi connectivity index (χ2n) is 3.73. The summed E-state index contributed by atoms with van der Waals surface area (Å²) >= 11 is 0.976. The van der Waals surface area contributed by atoms with E-state index in [-0.39, 0.29) is 16.0 Å². The number of hydrogen-bond acceptors (Lipinski definition) is 4. The summed E-state index contributed by atoms with van der Waals surface area (Å²) in [5.74, 6) is -1.64. The van der Waals surface area contributed by atoms with E-state index in [1.54, 1.807) is 6.07 Å². The lowest BCUT2D eigenvalue weighted by Gasteiger charge is -1.99. The van der Waals surface area contributed by atoms with Gasteiger partial charge in [0.05, 0.1) is 12.1 Å². The van der Waals surface area contributed by atoms with Gasteiger partial charge in [-0.2, -0.15) is 0 Å². The molecule has 0 amide bonds. The number of carboxylic acids is 1. The monoisotopic (exact) mass is 266 g/mol. The number of aromatic nitrogens is 2. The molecule has 0 aliphatic rings. The molecule has 0 aliphatic carbocycles. The Bertz CT molecular complexity index is 777. The van der Waals surface area contributed by atoms with Crippen LogP contribution in [0, 0.1) is 5.82 Å². The first-order valence-electron chi connectivity index (χ1n) is 5.05. The lowest BCUT2D eigenvalue weighted by Crippen LogP contribution is -1.94. The molecule has 1 aromatic carbocycles. The molecule has 0 saturated heterocycles. The Morgan fingerprint density at radius 3 is 2.94 bits per heavy atom. The Kier molecular flexibility index (Phi) is 2.32. The summed E-state index contributed by atoms with van der Waals surface area (Å²) < 4.78 is 15.5. The van der Waals surface area contributed by atoms with Gasteiger partial charge in [-0.1, -0.05) is 17.4 Å². The minimum absolute atomic E-state index is 0.0909. The first-order chi connectivity index (χ1) is 8.61. The van der Waals surface area contributed by atoms with Crippen molar-refractivity contribution in [3.8, 4) is 0 Å². The van der Waals surface area contributed by atoms with Crippen LogP contribution in [0.3, 0.4) is 0 Å². The van der Waals surface area contributed by atoms with Crippen LogP contribution in [0.5, 0.6) is 0 Å². The van der Waals surface area contributed by atoms with Crippen LogP contribution in [0.15, 0.2) is 18.3 Å². The quantitative estimate of drug-likeness (QED) is 0.742. The number of aliphatic hydroxyl groups is 1. The van der Waals surface area contributed by atoms with Gasteiger partial charge in [0.15, 0.2) is 10.8 Å². The Balaban J connectivity index is 2.41. The van der Waals surface area contributed by atoms with Gasteiger partial charge in [0.1, 0.15) is 10.4 Å². The molecule has 0 spiro atoms. The van der Waals surface area contributed by atoms with E-state index < -0.39 is 18.4 Å². The third-order valence-corrected chi connectivity index (χ3v) is 3.64. The van der Waals surface area contributed by atoms with Crippen molar-refractivity contribution < 1.29 is 19.4 Å². The molecule has 3 aromatic rings. The molecule has 92 valence electrons. The number of carbonyl (C=O) groups is 1. The van der Waals surface area contributed by atoms with Gasteiger partial charge in [-0.05, 0) is 6.07 Å². The number of hydrogen-bond donors (Lipinski definition) is 2. The van der Waals surface area contributed by atoms with Gasteiger partial charge < -0.3 is 10.2 Å². The van der Waals surface area contributed by atoms with E-state index >= 15 is 0 Å². The number of fused-ring (bicyclic) bond motifs is 3. The second-order valence-corrected chi connectivity index (χ2v) is 4.74. The van der Waals surface area contributed by atoms with Gasteiger partial charge in [0.2, 0.25) is 0 Å². The molecule has 5 nitrogen and oxygen atoms in total. The maximum atomic E-state index is 14.1. The van der Waals surface area contributed by atoms with E-state index in [1.165, 1.54) is 16.7 Å². The molecule has 0 bridgehead atoms. The zero-order chi connectivity index (χ0) is 12.9. The van der Waals surface area contributed by atoms with Crippen LogP contribution in [0.4, 0.5) is 4.39 Å². The first kappa shape index (κ1) is 11.1. The zero-order valence-electron chi connectivity index (χ0n) is 8.92. The predicted octanol–water partition coefficient (Wildman–Crippen LogP) is 1.88. The summed E-state index contributed by atoms with van der Waals surface area (Å²) in [6.07, 6.45) is 1.34. The van der Waals surface area contributed by atoms with Crippen molar-refractivity contribution in [2.75, 3.05) is 0 Å². The third-order valence-electron chi connectivity index (χ3n) is 2.67. The minimum Gasteiger partial charge on any atom is -0.477 e. The fraction of sp³-hybridized carbons (Fsp3) is 0.0909. The fourth-order valence-electron chi connectivity index (χ4n) is 1.82. The number of rotatable bonds is 2. The topological polar surface area (TPSA) is 74.8 Å². The highest BCUT2D eigenvalue weighted by molar-refractivity contribution is 7.18. The van der Waals surface area contributed by atoms with Crippen molar-refractivity contribution in [3.63, 3.8) is 0 Å². The summed E-state index contributed by atoms with van der Waals surface area (Å²) in [6.45, 7) is -0.412. The van der Waals surface area contributed by atoms with Crippen molar-refractivity contribution in [1.82, 2.24) is 9.38 Å². The zero-order valence-corrected chi connectivity index (χ0v) is 9.74. The third kappa shape index (κ3) is 1.41. The smallest absolute Gasteiger partial charge is 0.347 e. The Morgan fingerprint density at radius 1 is 1.50 bits per heavy atom. The number of thiazole rings is 1. The Morgan fingerprint density at radius 2 is 2.28 bits per heavy atom. The summed E-state index contributed by atoms with van der Waals surface area (Å²) in [5, 5.41) is 17.9. The van der Waals surface area contributed by atoms with Gasteiger partial charge in [-0.15, -0.1) is 0 Å². The summed E-state index contributed by atoms with van der Waals surface area (Å²) in [6, 6.07) is 3.07. The molecule has 0 saturated carbocycles. The van der Waals surface area contributed by atoms with Crippen molar-refractivity contribution in [2.24, 2.45) is 0 Å². The molecule has 2 heterocycles. The number of imidazole rings is 1. The van der Waals surface area contributed by atoms with E-state index in [4.69, 9.17) is 10.2 Å². The SMILES string of the molecule is O=C(O)c1cn2c(nc3ccc(CO)c(F)c32)s1. The van der Waals surface area contributed by atoms with E-state index in [0.29, 0.717) is 10.5 Å². The molecule has 0 unspecified atom stereocenters. The van der Waals surface area contributed by atoms with Crippen LogP contribution < -0.4 is 0 Å². The predicted molar refractivity (Wildman–Crippen MR) is 63.4 cm³/mol. The van der Waals surface area contributed by atoms with Gasteiger partial charge in [-0.3, -0.25) is 4.40 Å². The van der Waals surface area contributed by atoms with Crippen molar-refractivity contribution in [2.45, 2.75) is 6.61 Å². The lowest BCUT2D eigenvalue weighted by atomic mass is 10.2. The van der Waals surface area contributed by atoms with Crippen LogP contribution in [-0.4, -0.2) is 25.6 Å². The minimum atomic E-state index is -1.07. The fourth-order valence-corrected chi connectivity index (χ4v) is 2.65. The molecular weight excluding hydrogens is 259 g/mol. The van der Waals surface area contributed by atoms with Crippen molar-refractivity contribution in [3.05, 3.63) is 34.6 Å². The van der Waals surface area contributed by atoms with Crippen LogP contribution in [0.1, 0.15) is 15.2 Å². The maximum Gasteiger partial charge on any atom is 0.347 e. The van der Waals surface area contributed by atoms with Crippen LogP contribution in [0.25, 0.3) is 16.0 Å². The van der Waals surface area contributed by atoms with Crippen molar-refractivity contribution >= 4 is 33.3 Å². The van der Waals surface area contributed by atoms with E-state index in [1.807, 2.05) is 0 Å². The molecule has 18 heavy (non-hydrogen) atoms. The largest absolute Gasteiger partial charge is 0.477 e. The van der Waals surface area contributed by atoms with E-state index in [2.05, 4.69) is 4.98 Å². The standard InChI is InChI=1S/C11H7FN2O3S/c12-8-5(4-15)1-2-6-9(8)14-3-7(10(16)17)18-11(14)13-6/h1-3,15H,4H2,(H,16,17). The van der Waals surface area contributed by atoms with Gasteiger partial charge >= 0.3 is 5.97 Å². The summed E-state index contributed by atoms with van der Waals surface area (Å²) in [4.78, 5) is 15.5. The van der Waals surface area contributed by atoms with Crippen molar-refractivity contribution in [1.29, 1.82) is 0 Å². The molecule has 2 aromatic heterocycles. The first-order valence-corrected chi connectivity index (χ1v) is 5.86. The second kappa shape index (κ2) is 3.76. The molecule has 0 radical (unpaired) electrons. The number of carboxylic acid groups (broad SMARTS) is 1. The summed E-state index contributed by atoms with van der Waals surface area (Å²) in [5.41, 5.74) is 0.792. The average Bonchev–Trinajstić information content (AvgIpc) is 2.86. The highest BCUT2D eigenvalue weighted by Gasteiger charge is 2.17. The number of nitrogens with zero attached hydrogens (tertiary/aromatic N) is 2. The molecular formula is C11H7FN2O3S. The number of aromatic carboxylic acids is 1. The van der Waals surface area contributed by atoms with E-state index in [0.717, 1.165) is 11.3 Å². The molecule has 7 heteroatoms. The highest BCUT2D eigenvalue weighted by Crippen LogP contribution is 2.27. The maximum absolute atomic E-state index is 14.1. The number of benzene rings is 1. The highest BCUT2D eigenvalue weighted by atomic mass is 32.1. The number of aliphatic hydroxyl groups excluding tert-OH is 1. The Labute approximate surface area is 104 Å². The molecule has 0 fully saturated rings. The molecule has 0 atom stereocenters. The number of halogens is 1. The summed E-state index contributed by atoms with van der Waals surface area (Å²) in [7, 11) is 0. The molecule has 3 rings (SSSR count). The van der Waals surface area contributed by atoms with Gasteiger partial charge in [-0.25, -0.2) is 14.2 Å². The van der Waals surface area contributed by atoms with Gasteiger partial charge in [0.25, 0.3) is 0 Å². The lowest BCUT2D eigenvalue weighted by molar-refractivity contribution is 0.0702. The van der Waals surface area contributed by atoms with Crippen LogP contribution in [-0.2, 0) is 6.61 Å².